The third kappa shape index (κ3) is 4.60. The van der Waals surface area contributed by atoms with Crippen LogP contribution in [0.3, 0.4) is 0 Å². The number of ether oxygens (including phenoxy) is 1. The number of aryl methyl sites for hydroxylation is 2. The van der Waals surface area contributed by atoms with Gasteiger partial charge in [0, 0.05) is 5.56 Å². The number of esters is 1. The number of carbonyl (C=O) groups is 1. The summed E-state index contributed by atoms with van der Waals surface area (Å²) in [7, 11) is -4.13. The maximum atomic E-state index is 12.6. The summed E-state index contributed by atoms with van der Waals surface area (Å²) in [4.78, 5) is 20.7. The molecule has 0 bridgehead atoms. The molecule has 0 radical (unpaired) electrons. The summed E-state index contributed by atoms with van der Waals surface area (Å²) < 4.78 is 35.5. The fourth-order valence-electron chi connectivity index (χ4n) is 2.69. The largest absolute Gasteiger partial charge is 0.462 e. The van der Waals surface area contributed by atoms with Crippen molar-refractivity contribution in [1.82, 2.24) is 9.97 Å². The van der Waals surface area contributed by atoms with Gasteiger partial charge in [-0.1, -0.05) is 48.0 Å². The lowest BCUT2D eigenvalue weighted by atomic mass is 10.0. The van der Waals surface area contributed by atoms with Crippen molar-refractivity contribution in [1.29, 1.82) is 0 Å². The first-order valence-corrected chi connectivity index (χ1v) is 10.3. The summed E-state index contributed by atoms with van der Waals surface area (Å²) in [6.45, 7) is 5.31. The van der Waals surface area contributed by atoms with Gasteiger partial charge in [-0.05, 0) is 32.9 Å². The molecule has 1 heterocycles. The number of carbonyl (C=O) groups excluding carboxylic acids is 1. The Kier molecular flexibility index (Phi) is 5.93. The summed E-state index contributed by atoms with van der Waals surface area (Å²) in [5.41, 5.74) is 2.19. The predicted octanol–water partition coefficient (Wildman–Crippen LogP) is 3.70. The summed E-state index contributed by atoms with van der Waals surface area (Å²) in [6, 6.07) is 14.8. The first-order valence-electron chi connectivity index (χ1n) is 8.94. The Hall–Kier alpha value is -3.26. The average Bonchev–Trinajstić information content (AvgIpc) is 2.68. The molecule has 0 unspecified atom stereocenters. The minimum atomic E-state index is -4.13. The van der Waals surface area contributed by atoms with E-state index in [4.69, 9.17) is 8.92 Å². The van der Waals surface area contributed by atoms with E-state index in [1.807, 2.05) is 13.0 Å². The molecule has 0 saturated carbocycles. The molecule has 0 atom stereocenters. The van der Waals surface area contributed by atoms with Crippen molar-refractivity contribution < 1.29 is 22.1 Å². The van der Waals surface area contributed by atoms with Crippen LogP contribution in [0.15, 0.2) is 59.5 Å². The highest BCUT2D eigenvalue weighted by atomic mass is 32.2. The summed E-state index contributed by atoms with van der Waals surface area (Å²) >= 11 is 0. The van der Waals surface area contributed by atoms with Gasteiger partial charge in [0.15, 0.2) is 0 Å². The number of rotatable bonds is 6. The van der Waals surface area contributed by atoms with Gasteiger partial charge >= 0.3 is 22.1 Å². The topological polar surface area (TPSA) is 95.5 Å². The molecule has 0 amide bonds. The zero-order chi connectivity index (χ0) is 21.0. The van der Waals surface area contributed by atoms with Gasteiger partial charge in [0.25, 0.3) is 0 Å². The molecule has 2 aromatic carbocycles. The normalized spacial score (nSPS) is 11.1. The van der Waals surface area contributed by atoms with Crippen molar-refractivity contribution in [2.45, 2.75) is 25.7 Å². The van der Waals surface area contributed by atoms with Crippen molar-refractivity contribution >= 4 is 16.1 Å². The smallest absolute Gasteiger partial charge is 0.342 e. The van der Waals surface area contributed by atoms with E-state index in [1.165, 1.54) is 12.1 Å². The highest BCUT2D eigenvalue weighted by Crippen LogP contribution is 2.27. The number of hydrogen-bond acceptors (Lipinski definition) is 7. The van der Waals surface area contributed by atoms with E-state index < -0.39 is 16.1 Å². The molecule has 3 rings (SSSR count). The lowest BCUT2D eigenvalue weighted by Gasteiger charge is -2.13. The minimum Gasteiger partial charge on any atom is -0.462 e. The maximum Gasteiger partial charge on any atom is 0.342 e. The summed E-state index contributed by atoms with van der Waals surface area (Å²) in [5.74, 6) is -0.586. The second-order valence-electron chi connectivity index (χ2n) is 6.25. The van der Waals surface area contributed by atoms with E-state index in [-0.39, 0.29) is 34.5 Å². The SMILES string of the molecule is CCOC(=O)c1c(C)nc(OS(=O)(=O)c2ccc(C)cc2)nc1-c1ccccc1. The highest BCUT2D eigenvalue weighted by molar-refractivity contribution is 7.87. The average molecular weight is 412 g/mol. The molecule has 0 saturated heterocycles. The molecular weight excluding hydrogens is 392 g/mol. The van der Waals surface area contributed by atoms with Crippen LogP contribution in [-0.2, 0) is 14.9 Å². The van der Waals surface area contributed by atoms with Crippen LogP contribution in [0.1, 0.15) is 28.5 Å². The Morgan fingerprint density at radius 2 is 1.62 bits per heavy atom. The molecular formula is C21H20N2O5S. The molecule has 150 valence electrons. The molecule has 0 fully saturated rings. The van der Waals surface area contributed by atoms with E-state index >= 15 is 0 Å². The monoisotopic (exact) mass is 412 g/mol. The summed E-state index contributed by atoms with van der Waals surface area (Å²) in [5, 5.41) is 0. The predicted molar refractivity (Wildman–Crippen MR) is 107 cm³/mol. The van der Waals surface area contributed by atoms with Crippen LogP contribution in [0, 0.1) is 13.8 Å². The zero-order valence-electron chi connectivity index (χ0n) is 16.2. The Labute approximate surface area is 169 Å². The Morgan fingerprint density at radius 1 is 0.966 bits per heavy atom. The quantitative estimate of drug-likeness (QED) is 0.450. The zero-order valence-corrected chi connectivity index (χ0v) is 17.1. The number of hydrogen-bond donors (Lipinski definition) is 0. The molecule has 3 aromatic rings. The van der Waals surface area contributed by atoms with Crippen molar-refractivity contribution in [2.24, 2.45) is 0 Å². The third-order valence-corrected chi connectivity index (χ3v) is 5.31. The van der Waals surface area contributed by atoms with Crippen LogP contribution in [0.25, 0.3) is 11.3 Å². The van der Waals surface area contributed by atoms with Gasteiger partial charge in [0.2, 0.25) is 0 Å². The van der Waals surface area contributed by atoms with E-state index in [2.05, 4.69) is 9.97 Å². The lowest BCUT2D eigenvalue weighted by Crippen LogP contribution is -2.16. The van der Waals surface area contributed by atoms with Crippen molar-refractivity contribution in [3.63, 3.8) is 0 Å². The van der Waals surface area contributed by atoms with Crippen LogP contribution >= 0.6 is 0 Å². The third-order valence-electron chi connectivity index (χ3n) is 4.09. The fraction of sp³-hybridized carbons (Fsp3) is 0.190. The first-order chi connectivity index (χ1) is 13.8. The molecule has 0 spiro atoms. The van der Waals surface area contributed by atoms with Gasteiger partial charge in [-0.2, -0.15) is 18.4 Å². The Balaban J connectivity index is 2.08. The molecule has 0 aliphatic carbocycles. The van der Waals surface area contributed by atoms with Gasteiger partial charge in [-0.15, -0.1) is 0 Å². The van der Waals surface area contributed by atoms with Crippen LogP contribution in [0.4, 0.5) is 0 Å². The summed E-state index contributed by atoms with van der Waals surface area (Å²) in [6.07, 6.45) is 0. The standard InChI is InChI=1S/C21H20N2O5S/c1-4-27-20(24)18-15(3)22-21(23-19(18)16-8-6-5-7-9-16)28-29(25,26)17-12-10-14(2)11-13-17/h5-13H,4H2,1-3H3. The number of aromatic nitrogens is 2. The van der Waals surface area contributed by atoms with Crippen LogP contribution < -0.4 is 4.18 Å². The maximum absolute atomic E-state index is 12.6. The van der Waals surface area contributed by atoms with Crippen molar-refractivity contribution in [2.75, 3.05) is 6.61 Å². The Morgan fingerprint density at radius 3 is 2.24 bits per heavy atom. The first kappa shape index (κ1) is 20.5. The minimum absolute atomic E-state index is 0.0138. The van der Waals surface area contributed by atoms with Crippen LogP contribution in [0.2, 0.25) is 0 Å². The fourth-order valence-corrected chi connectivity index (χ4v) is 3.52. The molecule has 7 nitrogen and oxygen atoms in total. The van der Waals surface area contributed by atoms with Gasteiger partial charge < -0.3 is 8.92 Å². The van der Waals surface area contributed by atoms with Gasteiger partial charge in [-0.25, -0.2) is 4.79 Å². The molecule has 1 aromatic heterocycles. The van der Waals surface area contributed by atoms with Crippen molar-refractivity contribution in [3.05, 3.63) is 71.4 Å². The molecule has 0 aliphatic heterocycles. The second kappa shape index (κ2) is 8.40. The van der Waals surface area contributed by atoms with Crippen LogP contribution in [0.5, 0.6) is 6.01 Å². The molecule has 29 heavy (non-hydrogen) atoms. The Bertz CT molecular complexity index is 1130. The van der Waals surface area contributed by atoms with Gasteiger partial charge in [0.05, 0.1) is 18.0 Å². The van der Waals surface area contributed by atoms with Gasteiger partial charge in [-0.3, -0.25) is 0 Å². The van der Waals surface area contributed by atoms with Gasteiger partial charge in [0.1, 0.15) is 10.5 Å². The van der Waals surface area contributed by atoms with E-state index in [9.17, 15) is 13.2 Å². The molecule has 0 aliphatic rings. The number of benzene rings is 2. The highest BCUT2D eigenvalue weighted by Gasteiger charge is 2.24. The number of nitrogens with zero attached hydrogens (tertiary/aromatic N) is 2. The molecule has 8 heteroatoms. The molecule has 0 N–H and O–H groups in total. The van der Waals surface area contributed by atoms with E-state index in [0.29, 0.717) is 5.56 Å². The second-order valence-corrected chi connectivity index (χ2v) is 7.80. The van der Waals surface area contributed by atoms with E-state index in [0.717, 1.165) is 5.56 Å². The van der Waals surface area contributed by atoms with E-state index in [1.54, 1.807) is 50.2 Å². The van der Waals surface area contributed by atoms with Crippen molar-refractivity contribution in [3.8, 4) is 17.3 Å². The van der Waals surface area contributed by atoms with Crippen LogP contribution in [-0.4, -0.2) is 31.0 Å². The lowest BCUT2D eigenvalue weighted by molar-refractivity contribution is 0.0525.